The first-order valence-electron chi connectivity index (χ1n) is 10.5. The van der Waals surface area contributed by atoms with Crippen molar-refractivity contribution >= 4 is 17.6 Å². The quantitative estimate of drug-likeness (QED) is 0.460. The summed E-state index contributed by atoms with van der Waals surface area (Å²) < 4.78 is 1.85. The first kappa shape index (κ1) is 22.3. The number of nitrogens with zero attached hydrogens (tertiary/aromatic N) is 3. The number of aryl methyl sites for hydroxylation is 3. The van der Waals surface area contributed by atoms with Crippen LogP contribution in [0.15, 0.2) is 53.5 Å². The van der Waals surface area contributed by atoms with E-state index in [4.69, 9.17) is 4.99 Å². The fraction of sp³-hybridized carbons (Fsp3) is 0.320. The number of amides is 1. The number of carbonyl (C=O) groups excluding carboxylic acids is 1. The Kier molecular flexibility index (Phi) is 6.90. The molecule has 6 heteroatoms. The van der Waals surface area contributed by atoms with E-state index < -0.39 is 0 Å². The molecular formula is C25H31N5O. The average Bonchev–Trinajstić information content (AvgIpc) is 2.98. The summed E-state index contributed by atoms with van der Waals surface area (Å²) in [5.41, 5.74) is 6.73. The summed E-state index contributed by atoms with van der Waals surface area (Å²) in [5.74, 6) is 0.676. The van der Waals surface area contributed by atoms with Gasteiger partial charge in [0, 0.05) is 29.6 Å². The Bertz CT molecular complexity index is 1090. The van der Waals surface area contributed by atoms with Crippen LogP contribution in [0.3, 0.4) is 0 Å². The zero-order chi connectivity index (χ0) is 22.5. The molecule has 0 aliphatic heterocycles. The van der Waals surface area contributed by atoms with E-state index in [0.29, 0.717) is 24.0 Å². The summed E-state index contributed by atoms with van der Waals surface area (Å²) in [5, 5.41) is 10.7. The van der Waals surface area contributed by atoms with Crippen LogP contribution in [0.2, 0.25) is 0 Å². The Morgan fingerprint density at radius 3 is 2.32 bits per heavy atom. The summed E-state index contributed by atoms with van der Waals surface area (Å²) in [6.07, 6.45) is 0. The van der Waals surface area contributed by atoms with Crippen molar-refractivity contribution in [1.82, 2.24) is 15.1 Å². The fourth-order valence-corrected chi connectivity index (χ4v) is 3.41. The van der Waals surface area contributed by atoms with Gasteiger partial charge in [-0.3, -0.25) is 14.8 Å². The summed E-state index contributed by atoms with van der Waals surface area (Å²) in [4.78, 5) is 17.6. The van der Waals surface area contributed by atoms with Gasteiger partial charge in [-0.25, -0.2) is 4.99 Å². The minimum absolute atomic E-state index is 0.192. The smallest absolute Gasteiger partial charge is 0.258 e. The van der Waals surface area contributed by atoms with Gasteiger partial charge in [-0.1, -0.05) is 44.2 Å². The van der Waals surface area contributed by atoms with Gasteiger partial charge < -0.3 is 5.32 Å². The molecule has 2 aromatic carbocycles. The van der Waals surface area contributed by atoms with Crippen molar-refractivity contribution in [1.29, 1.82) is 0 Å². The van der Waals surface area contributed by atoms with Gasteiger partial charge in [0.15, 0.2) is 0 Å². The first-order valence-corrected chi connectivity index (χ1v) is 10.5. The molecule has 0 bridgehead atoms. The van der Waals surface area contributed by atoms with Gasteiger partial charge in [0.2, 0.25) is 5.96 Å². The van der Waals surface area contributed by atoms with E-state index in [1.807, 2.05) is 68.9 Å². The van der Waals surface area contributed by atoms with Crippen LogP contribution in [-0.2, 0) is 13.6 Å². The largest absolute Gasteiger partial charge is 0.326 e. The van der Waals surface area contributed by atoms with Gasteiger partial charge in [0.25, 0.3) is 5.91 Å². The molecule has 0 aliphatic rings. The second kappa shape index (κ2) is 9.60. The monoisotopic (exact) mass is 417 g/mol. The highest BCUT2D eigenvalue weighted by molar-refractivity contribution is 6.10. The highest BCUT2D eigenvalue weighted by Gasteiger charge is 2.13. The maximum atomic E-state index is 12.9. The summed E-state index contributed by atoms with van der Waals surface area (Å²) in [6.45, 7) is 10.7. The Labute approximate surface area is 184 Å². The third-order valence-corrected chi connectivity index (χ3v) is 5.52. The minimum Gasteiger partial charge on any atom is -0.326 e. The standard InChI is InChI=1S/C25H31N5O/c1-16(2)20-11-13-21(14-12-20)27-25(26-15-23-18(4)29-30(6)19(23)5)28-24(31)22-10-8-7-9-17(22)3/h7-14,16H,15H2,1-6H3,(H2,26,27,28,31). The van der Waals surface area contributed by atoms with Crippen molar-refractivity contribution in [2.24, 2.45) is 12.0 Å². The second-order valence-corrected chi connectivity index (χ2v) is 8.11. The fourth-order valence-electron chi connectivity index (χ4n) is 3.41. The van der Waals surface area contributed by atoms with Gasteiger partial charge in [-0.05, 0) is 56.0 Å². The lowest BCUT2D eigenvalue weighted by molar-refractivity contribution is 0.0976. The van der Waals surface area contributed by atoms with Crippen LogP contribution >= 0.6 is 0 Å². The predicted molar refractivity (Wildman–Crippen MR) is 127 cm³/mol. The second-order valence-electron chi connectivity index (χ2n) is 8.11. The van der Waals surface area contributed by atoms with Crippen LogP contribution in [-0.4, -0.2) is 21.6 Å². The molecule has 0 radical (unpaired) electrons. The molecule has 2 N–H and O–H groups in total. The van der Waals surface area contributed by atoms with Gasteiger partial charge in [-0.15, -0.1) is 0 Å². The molecule has 1 amide bonds. The van der Waals surface area contributed by atoms with Crippen LogP contribution in [0.5, 0.6) is 0 Å². The molecule has 0 saturated carbocycles. The Hall–Kier alpha value is -3.41. The van der Waals surface area contributed by atoms with Crippen molar-refractivity contribution in [3.63, 3.8) is 0 Å². The summed E-state index contributed by atoms with van der Waals surface area (Å²) >= 11 is 0. The number of hydrogen-bond donors (Lipinski definition) is 2. The molecule has 162 valence electrons. The third-order valence-electron chi connectivity index (χ3n) is 5.52. The molecule has 31 heavy (non-hydrogen) atoms. The topological polar surface area (TPSA) is 71.3 Å². The predicted octanol–water partition coefficient (Wildman–Crippen LogP) is 4.87. The first-order chi connectivity index (χ1) is 14.8. The van der Waals surface area contributed by atoms with Crippen LogP contribution in [0.4, 0.5) is 5.69 Å². The molecule has 1 aromatic heterocycles. The van der Waals surface area contributed by atoms with Gasteiger partial charge in [-0.2, -0.15) is 5.10 Å². The van der Waals surface area contributed by atoms with Crippen LogP contribution in [0.25, 0.3) is 0 Å². The number of hydrogen-bond acceptors (Lipinski definition) is 3. The van der Waals surface area contributed by atoms with E-state index >= 15 is 0 Å². The normalized spacial score (nSPS) is 11.6. The summed E-state index contributed by atoms with van der Waals surface area (Å²) in [7, 11) is 1.92. The number of aliphatic imine (C=N–C) groups is 1. The van der Waals surface area contributed by atoms with Crippen molar-refractivity contribution in [2.75, 3.05) is 5.32 Å². The molecule has 3 aromatic rings. The number of carbonyl (C=O) groups is 1. The molecule has 0 aliphatic carbocycles. The molecule has 1 heterocycles. The Balaban J connectivity index is 1.87. The molecule has 0 unspecified atom stereocenters. The van der Waals surface area contributed by atoms with E-state index in [0.717, 1.165) is 28.2 Å². The van der Waals surface area contributed by atoms with Crippen molar-refractivity contribution < 1.29 is 4.79 Å². The van der Waals surface area contributed by atoms with Crippen molar-refractivity contribution in [3.8, 4) is 0 Å². The number of aromatic nitrogens is 2. The van der Waals surface area contributed by atoms with Crippen LogP contribution < -0.4 is 10.6 Å². The van der Waals surface area contributed by atoms with Crippen LogP contribution in [0, 0.1) is 20.8 Å². The lowest BCUT2D eigenvalue weighted by Gasteiger charge is -2.14. The maximum absolute atomic E-state index is 12.9. The SMILES string of the molecule is Cc1ccccc1C(=O)NC(=NCc1c(C)nn(C)c1C)Nc1ccc(C(C)C)cc1. The van der Waals surface area contributed by atoms with Crippen molar-refractivity contribution in [3.05, 3.63) is 82.2 Å². The molecule has 0 atom stereocenters. The Morgan fingerprint density at radius 1 is 1.06 bits per heavy atom. The van der Waals surface area contributed by atoms with Gasteiger partial charge >= 0.3 is 0 Å². The zero-order valence-corrected chi connectivity index (χ0v) is 19.2. The van der Waals surface area contributed by atoms with E-state index in [2.05, 4.69) is 41.7 Å². The molecule has 6 nitrogen and oxygen atoms in total. The summed E-state index contributed by atoms with van der Waals surface area (Å²) in [6, 6.07) is 15.7. The van der Waals surface area contributed by atoms with E-state index in [1.165, 1.54) is 5.56 Å². The molecule has 3 rings (SSSR count). The number of nitrogens with one attached hydrogen (secondary N) is 2. The number of anilines is 1. The molecule has 0 fully saturated rings. The third kappa shape index (κ3) is 5.40. The highest BCUT2D eigenvalue weighted by Crippen LogP contribution is 2.18. The van der Waals surface area contributed by atoms with Crippen LogP contribution in [0.1, 0.15) is 58.2 Å². The number of guanidine groups is 1. The van der Waals surface area contributed by atoms with Gasteiger partial charge in [0.05, 0.1) is 12.2 Å². The lowest BCUT2D eigenvalue weighted by atomic mass is 10.0. The van der Waals surface area contributed by atoms with Gasteiger partial charge in [0.1, 0.15) is 0 Å². The minimum atomic E-state index is -0.192. The molecule has 0 spiro atoms. The van der Waals surface area contributed by atoms with E-state index in [-0.39, 0.29) is 5.91 Å². The van der Waals surface area contributed by atoms with E-state index in [9.17, 15) is 4.79 Å². The average molecular weight is 418 g/mol. The Morgan fingerprint density at radius 2 is 1.74 bits per heavy atom. The van der Waals surface area contributed by atoms with E-state index in [1.54, 1.807) is 0 Å². The highest BCUT2D eigenvalue weighted by atomic mass is 16.1. The lowest BCUT2D eigenvalue weighted by Crippen LogP contribution is -2.36. The number of benzene rings is 2. The zero-order valence-electron chi connectivity index (χ0n) is 19.2. The molecule has 0 saturated heterocycles. The maximum Gasteiger partial charge on any atom is 0.258 e. The van der Waals surface area contributed by atoms with Crippen molar-refractivity contribution in [2.45, 2.75) is 47.1 Å². The number of rotatable bonds is 5. The molecular weight excluding hydrogens is 386 g/mol.